The maximum Gasteiger partial charge on any atom is 0.120 e. The third-order valence-electron chi connectivity index (χ3n) is 3.81. The first kappa shape index (κ1) is 14.2. The van der Waals surface area contributed by atoms with Crippen LogP contribution < -0.4 is 9.64 Å². The molecule has 19 heavy (non-hydrogen) atoms. The highest BCUT2D eigenvalue weighted by molar-refractivity contribution is 5.51. The number of benzene rings is 1. The molecule has 1 fully saturated rings. The van der Waals surface area contributed by atoms with E-state index in [9.17, 15) is 0 Å². The van der Waals surface area contributed by atoms with Crippen LogP contribution in [-0.4, -0.2) is 44.7 Å². The molecule has 1 saturated heterocycles. The van der Waals surface area contributed by atoms with E-state index >= 15 is 0 Å². The molecule has 0 N–H and O–H groups in total. The second-order valence-electron chi connectivity index (χ2n) is 5.71. The minimum absolute atomic E-state index is 0.802. The first-order chi connectivity index (χ1) is 9.19. The summed E-state index contributed by atoms with van der Waals surface area (Å²) in [7, 11) is 1.73. The summed E-state index contributed by atoms with van der Waals surface area (Å²) < 4.78 is 5.29. The highest BCUT2D eigenvalue weighted by Crippen LogP contribution is 2.22. The molecule has 1 aliphatic rings. The SMILES string of the molecule is COc1cccc(N2CCN(CCC(C)C)CC2)c1. The van der Waals surface area contributed by atoms with E-state index < -0.39 is 0 Å². The highest BCUT2D eigenvalue weighted by atomic mass is 16.5. The molecule has 1 heterocycles. The minimum atomic E-state index is 0.802. The fourth-order valence-electron chi connectivity index (χ4n) is 2.48. The van der Waals surface area contributed by atoms with Crippen LogP contribution in [-0.2, 0) is 0 Å². The van der Waals surface area contributed by atoms with Gasteiger partial charge in [0.25, 0.3) is 0 Å². The molecule has 0 aliphatic carbocycles. The monoisotopic (exact) mass is 262 g/mol. The Hall–Kier alpha value is -1.22. The Morgan fingerprint density at radius 2 is 1.89 bits per heavy atom. The molecule has 2 rings (SSSR count). The van der Waals surface area contributed by atoms with E-state index in [0.717, 1.165) is 24.8 Å². The third kappa shape index (κ3) is 4.13. The van der Waals surface area contributed by atoms with Gasteiger partial charge in [0.2, 0.25) is 0 Å². The predicted molar refractivity (Wildman–Crippen MR) is 81.1 cm³/mol. The second-order valence-corrected chi connectivity index (χ2v) is 5.71. The topological polar surface area (TPSA) is 15.7 Å². The van der Waals surface area contributed by atoms with Crippen molar-refractivity contribution in [1.29, 1.82) is 0 Å². The summed E-state index contributed by atoms with van der Waals surface area (Å²) in [4.78, 5) is 5.03. The number of rotatable bonds is 5. The van der Waals surface area contributed by atoms with Crippen molar-refractivity contribution in [2.24, 2.45) is 5.92 Å². The molecule has 1 aromatic rings. The molecule has 0 radical (unpaired) electrons. The van der Waals surface area contributed by atoms with Crippen LogP contribution in [0.4, 0.5) is 5.69 Å². The molecule has 0 atom stereocenters. The quantitative estimate of drug-likeness (QED) is 0.811. The maximum atomic E-state index is 5.29. The van der Waals surface area contributed by atoms with Crippen LogP contribution in [0.2, 0.25) is 0 Å². The number of anilines is 1. The lowest BCUT2D eigenvalue weighted by Gasteiger charge is -2.36. The average Bonchev–Trinajstić information content (AvgIpc) is 2.45. The highest BCUT2D eigenvalue weighted by Gasteiger charge is 2.17. The van der Waals surface area contributed by atoms with Crippen LogP contribution in [0.25, 0.3) is 0 Å². The molecule has 106 valence electrons. The minimum Gasteiger partial charge on any atom is -0.497 e. The number of nitrogens with zero attached hydrogens (tertiary/aromatic N) is 2. The van der Waals surface area contributed by atoms with Crippen molar-refractivity contribution in [3.8, 4) is 5.75 Å². The van der Waals surface area contributed by atoms with Gasteiger partial charge in [-0.3, -0.25) is 4.90 Å². The van der Waals surface area contributed by atoms with E-state index in [-0.39, 0.29) is 0 Å². The van der Waals surface area contributed by atoms with E-state index in [4.69, 9.17) is 4.74 Å². The molecule has 0 aromatic heterocycles. The Morgan fingerprint density at radius 3 is 2.53 bits per heavy atom. The van der Waals surface area contributed by atoms with Gasteiger partial charge < -0.3 is 9.64 Å². The van der Waals surface area contributed by atoms with E-state index in [2.05, 4.69) is 41.8 Å². The van der Waals surface area contributed by atoms with Crippen molar-refractivity contribution in [1.82, 2.24) is 4.90 Å². The molecule has 0 unspecified atom stereocenters. The van der Waals surface area contributed by atoms with Crippen molar-refractivity contribution >= 4 is 5.69 Å². The Balaban J connectivity index is 1.85. The number of hydrogen-bond acceptors (Lipinski definition) is 3. The maximum absolute atomic E-state index is 5.29. The van der Waals surface area contributed by atoms with Crippen LogP contribution in [0.1, 0.15) is 20.3 Å². The molecule has 1 aliphatic heterocycles. The standard InChI is InChI=1S/C16H26N2O/c1-14(2)7-8-17-9-11-18(12-10-17)15-5-4-6-16(13-15)19-3/h4-6,13-14H,7-12H2,1-3H3. The largest absolute Gasteiger partial charge is 0.497 e. The lowest BCUT2D eigenvalue weighted by molar-refractivity contribution is 0.243. The summed E-state index contributed by atoms with van der Waals surface area (Å²) in [6, 6.07) is 8.37. The molecule has 0 bridgehead atoms. The van der Waals surface area contributed by atoms with Gasteiger partial charge in [-0.05, 0) is 31.0 Å². The van der Waals surface area contributed by atoms with Crippen LogP contribution in [0.3, 0.4) is 0 Å². The lowest BCUT2D eigenvalue weighted by atomic mass is 10.1. The molecular weight excluding hydrogens is 236 g/mol. The van der Waals surface area contributed by atoms with Gasteiger partial charge in [-0.2, -0.15) is 0 Å². The van der Waals surface area contributed by atoms with Gasteiger partial charge in [0.05, 0.1) is 7.11 Å². The number of ether oxygens (including phenoxy) is 1. The van der Waals surface area contributed by atoms with E-state index in [0.29, 0.717) is 0 Å². The first-order valence-corrected chi connectivity index (χ1v) is 7.30. The van der Waals surface area contributed by atoms with Gasteiger partial charge in [0.15, 0.2) is 0 Å². The molecule has 0 amide bonds. The lowest BCUT2D eigenvalue weighted by Crippen LogP contribution is -2.46. The van der Waals surface area contributed by atoms with Crippen molar-refractivity contribution < 1.29 is 4.74 Å². The Kier molecular flexibility index (Phi) is 5.08. The number of hydrogen-bond donors (Lipinski definition) is 0. The summed E-state index contributed by atoms with van der Waals surface area (Å²) >= 11 is 0. The Labute approximate surface area is 117 Å². The van der Waals surface area contributed by atoms with Crippen LogP contribution in [0.15, 0.2) is 24.3 Å². The summed E-state index contributed by atoms with van der Waals surface area (Å²) in [5.41, 5.74) is 1.28. The normalized spacial score (nSPS) is 16.9. The number of methoxy groups -OCH3 is 1. The first-order valence-electron chi connectivity index (χ1n) is 7.30. The van der Waals surface area contributed by atoms with Crippen molar-refractivity contribution in [3.05, 3.63) is 24.3 Å². The van der Waals surface area contributed by atoms with Gasteiger partial charge in [-0.1, -0.05) is 19.9 Å². The number of piperazine rings is 1. The van der Waals surface area contributed by atoms with E-state index in [1.54, 1.807) is 7.11 Å². The zero-order valence-electron chi connectivity index (χ0n) is 12.4. The molecule has 0 spiro atoms. The average molecular weight is 262 g/mol. The molecule has 0 saturated carbocycles. The van der Waals surface area contributed by atoms with E-state index in [1.807, 2.05) is 6.07 Å². The molecule has 1 aromatic carbocycles. The van der Waals surface area contributed by atoms with Crippen LogP contribution in [0.5, 0.6) is 5.75 Å². The van der Waals surface area contributed by atoms with Gasteiger partial charge in [0, 0.05) is 37.9 Å². The van der Waals surface area contributed by atoms with Crippen molar-refractivity contribution in [2.75, 3.05) is 44.7 Å². The van der Waals surface area contributed by atoms with Gasteiger partial charge >= 0.3 is 0 Å². The zero-order valence-corrected chi connectivity index (χ0v) is 12.4. The van der Waals surface area contributed by atoms with Crippen LogP contribution in [0, 0.1) is 5.92 Å². The second kappa shape index (κ2) is 6.80. The fourth-order valence-corrected chi connectivity index (χ4v) is 2.48. The van der Waals surface area contributed by atoms with Crippen LogP contribution >= 0.6 is 0 Å². The van der Waals surface area contributed by atoms with Gasteiger partial charge in [0.1, 0.15) is 5.75 Å². The van der Waals surface area contributed by atoms with Crippen molar-refractivity contribution in [3.63, 3.8) is 0 Å². The van der Waals surface area contributed by atoms with Gasteiger partial charge in [-0.15, -0.1) is 0 Å². The fraction of sp³-hybridized carbons (Fsp3) is 0.625. The summed E-state index contributed by atoms with van der Waals surface area (Å²) in [5, 5.41) is 0. The molecule has 3 heteroatoms. The van der Waals surface area contributed by atoms with E-state index in [1.165, 1.54) is 31.7 Å². The zero-order chi connectivity index (χ0) is 13.7. The summed E-state index contributed by atoms with van der Waals surface area (Å²) in [6.45, 7) is 10.4. The molecule has 3 nitrogen and oxygen atoms in total. The smallest absolute Gasteiger partial charge is 0.120 e. The van der Waals surface area contributed by atoms with Gasteiger partial charge in [-0.25, -0.2) is 0 Å². The summed E-state index contributed by atoms with van der Waals surface area (Å²) in [6.07, 6.45) is 1.30. The predicted octanol–water partition coefficient (Wildman–Crippen LogP) is 2.86. The Morgan fingerprint density at radius 1 is 1.16 bits per heavy atom. The van der Waals surface area contributed by atoms with Crippen molar-refractivity contribution in [2.45, 2.75) is 20.3 Å². The third-order valence-corrected chi connectivity index (χ3v) is 3.81. The Bertz CT molecular complexity index is 384. The molecular formula is C16H26N2O. The summed E-state index contributed by atoms with van der Waals surface area (Å²) in [5.74, 6) is 1.75.